The summed E-state index contributed by atoms with van der Waals surface area (Å²) in [7, 11) is 1.80. The summed E-state index contributed by atoms with van der Waals surface area (Å²) < 4.78 is 0. The van der Waals surface area contributed by atoms with E-state index in [9.17, 15) is 4.79 Å². The lowest BCUT2D eigenvalue weighted by Crippen LogP contribution is -2.19. The minimum absolute atomic E-state index is 0.0902. The first-order valence-corrected chi connectivity index (χ1v) is 5.51. The molecule has 0 saturated carbocycles. The SMILES string of the molecule is CNCc1cnc(-c2ccccc2C)[nH]c1=O. The molecule has 1 heterocycles. The van der Waals surface area contributed by atoms with Gasteiger partial charge in [0.05, 0.1) is 0 Å². The second-order valence-corrected chi connectivity index (χ2v) is 3.93. The first-order valence-electron chi connectivity index (χ1n) is 5.51. The number of rotatable bonds is 3. The van der Waals surface area contributed by atoms with Gasteiger partial charge in [0.15, 0.2) is 0 Å². The Morgan fingerprint density at radius 1 is 1.35 bits per heavy atom. The summed E-state index contributed by atoms with van der Waals surface area (Å²) >= 11 is 0. The molecule has 88 valence electrons. The maximum atomic E-state index is 11.8. The number of hydrogen-bond donors (Lipinski definition) is 2. The Morgan fingerprint density at radius 3 is 2.76 bits per heavy atom. The van der Waals surface area contributed by atoms with Crippen molar-refractivity contribution in [1.29, 1.82) is 0 Å². The minimum Gasteiger partial charge on any atom is -0.315 e. The minimum atomic E-state index is -0.0902. The van der Waals surface area contributed by atoms with Crippen molar-refractivity contribution in [2.75, 3.05) is 7.05 Å². The number of aryl methyl sites for hydroxylation is 1. The number of aromatic nitrogens is 2. The number of H-pyrrole nitrogens is 1. The lowest BCUT2D eigenvalue weighted by atomic mass is 10.1. The van der Waals surface area contributed by atoms with Crippen LogP contribution in [0.2, 0.25) is 0 Å². The molecule has 1 aromatic heterocycles. The van der Waals surface area contributed by atoms with E-state index in [1.807, 2.05) is 31.2 Å². The van der Waals surface area contributed by atoms with Crippen LogP contribution in [0.1, 0.15) is 11.1 Å². The normalized spacial score (nSPS) is 10.5. The number of nitrogens with zero attached hydrogens (tertiary/aromatic N) is 1. The van der Waals surface area contributed by atoms with Gasteiger partial charge in [0, 0.05) is 23.9 Å². The average Bonchev–Trinajstić information content (AvgIpc) is 2.33. The smallest absolute Gasteiger partial charge is 0.255 e. The number of benzene rings is 1. The fourth-order valence-electron chi connectivity index (χ4n) is 1.71. The van der Waals surface area contributed by atoms with Gasteiger partial charge in [-0.05, 0) is 19.5 Å². The quantitative estimate of drug-likeness (QED) is 0.837. The van der Waals surface area contributed by atoms with E-state index in [4.69, 9.17) is 0 Å². The lowest BCUT2D eigenvalue weighted by Gasteiger charge is -2.05. The second-order valence-electron chi connectivity index (χ2n) is 3.93. The van der Waals surface area contributed by atoms with Crippen molar-refractivity contribution >= 4 is 0 Å². The molecular weight excluding hydrogens is 214 g/mol. The predicted molar refractivity (Wildman–Crippen MR) is 67.8 cm³/mol. The molecule has 2 aromatic rings. The molecular formula is C13H15N3O. The highest BCUT2D eigenvalue weighted by Gasteiger charge is 2.05. The maximum Gasteiger partial charge on any atom is 0.255 e. The molecule has 0 aliphatic heterocycles. The van der Waals surface area contributed by atoms with Gasteiger partial charge in [0.2, 0.25) is 0 Å². The molecule has 0 amide bonds. The Bertz CT molecular complexity index is 575. The van der Waals surface area contributed by atoms with E-state index in [-0.39, 0.29) is 5.56 Å². The second kappa shape index (κ2) is 4.93. The summed E-state index contributed by atoms with van der Waals surface area (Å²) in [5, 5.41) is 2.94. The molecule has 2 rings (SSSR count). The van der Waals surface area contributed by atoms with Gasteiger partial charge >= 0.3 is 0 Å². The molecule has 0 atom stereocenters. The standard InChI is InChI=1S/C13H15N3O/c1-9-5-3-4-6-11(9)12-15-8-10(7-14-2)13(17)16-12/h3-6,8,14H,7H2,1-2H3,(H,15,16,17). The number of hydrogen-bond acceptors (Lipinski definition) is 3. The van der Waals surface area contributed by atoms with Gasteiger partial charge in [-0.15, -0.1) is 0 Å². The van der Waals surface area contributed by atoms with Gasteiger partial charge < -0.3 is 10.3 Å². The van der Waals surface area contributed by atoms with Crippen LogP contribution in [0.15, 0.2) is 35.3 Å². The molecule has 0 aliphatic rings. The fourth-order valence-corrected chi connectivity index (χ4v) is 1.71. The molecule has 0 aliphatic carbocycles. The topological polar surface area (TPSA) is 57.8 Å². The molecule has 0 bridgehead atoms. The maximum absolute atomic E-state index is 11.8. The van der Waals surface area contributed by atoms with Crippen LogP contribution >= 0.6 is 0 Å². The highest BCUT2D eigenvalue weighted by atomic mass is 16.1. The Balaban J connectivity index is 2.45. The summed E-state index contributed by atoms with van der Waals surface area (Å²) in [4.78, 5) is 18.9. The van der Waals surface area contributed by atoms with E-state index in [1.54, 1.807) is 13.2 Å². The van der Waals surface area contributed by atoms with Crippen molar-refractivity contribution in [3.63, 3.8) is 0 Å². The van der Waals surface area contributed by atoms with Crippen LogP contribution < -0.4 is 10.9 Å². The van der Waals surface area contributed by atoms with Crippen molar-refractivity contribution in [2.24, 2.45) is 0 Å². The summed E-state index contributed by atoms with van der Waals surface area (Å²) in [5.41, 5.74) is 2.61. The molecule has 0 unspecified atom stereocenters. The lowest BCUT2D eigenvalue weighted by molar-refractivity contribution is 0.798. The van der Waals surface area contributed by atoms with Crippen LogP contribution in [0.5, 0.6) is 0 Å². The third-order valence-electron chi connectivity index (χ3n) is 2.64. The van der Waals surface area contributed by atoms with Gasteiger partial charge in [-0.2, -0.15) is 0 Å². The highest BCUT2D eigenvalue weighted by Crippen LogP contribution is 2.17. The molecule has 1 aromatic carbocycles. The molecule has 2 N–H and O–H groups in total. The van der Waals surface area contributed by atoms with Gasteiger partial charge in [-0.25, -0.2) is 4.98 Å². The first-order chi connectivity index (χ1) is 8.22. The largest absolute Gasteiger partial charge is 0.315 e. The zero-order valence-electron chi connectivity index (χ0n) is 9.95. The zero-order valence-corrected chi connectivity index (χ0v) is 9.95. The third kappa shape index (κ3) is 2.42. The predicted octanol–water partition coefficient (Wildman–Crippen LogP) is 1.46. The van der Waals surface area contributed by atoms with Crippen molar-refractivity contribution < 1.29 is 0 Å². The monoisotopic (exact) mass is 229 g/mol. The van der Waals surface area contributed by atoms with E-state index >= 15 is 0 Å². The highest BCUT2D eigenvalue weighted by molar-refractivity contribution is 5.59. The molecule has 0 spiro atoms. The van der Waals surface area contributed by atoms with Crippen LogP contribution in [0, 0.1) is 6.92 Å². The zero-order chi connectivity index (χ0) is 12.3. The van der Waals surface area contributed by atoms with E-state index in [0.717, 1.165) is 11.1 Å². The van der Waals surface area contributed by atoms with Crippen LogP contribution in [0.3, 0.4) is 0 Å². The molecule has 0 fully saturated rings. The molecule has 4 nitrogen and oxygen atoms in total. The fraction of sp³-hybridized carbons (Fsp3) is 0.231. The summed E-state index contributed by atoms with van der Waals surface area (Å²) in [6, 6.07) is 7.85. The third-order valence-corrected chi connectivity index (χ3v) is 2.64. The molecule has 4 heteroatoms. The summed E-state index contributed by atoms with van der Waals surface area (Å²) in [5.74, 6) is 0.618. The molecule has 17 heavy (non-hydrogen) atoms. The van der Waals surface area contributed by atoms with Crippen molar-refractivity contribution in [3.8, 4) is 11.4 Å². The van der Waals surface area contributed by atoms with Crippen molar-refractivity contribution in [1.82, 2.24) is 15.3 Å². The first kappa shape index (κ1) is 11.5. The van der Waals surface area contributed by atoms with Gasteiger partial charge in [-0.3, -0.25) is 4.79 Å². The van der Waals surface area contributed by atoms with E-state index in [2.05, 4.69) is 15.3 Å². The summed E-state index contributed by atoms with van der Waals surface area (Å²) in [6.07, 6.45) is 1.62. The van der Waals surface area contributed by atoms with Gasteiger partial charge in [0.25, 0.3) is 5.56 Å². The van der Waals surface area contributed by atoms with Crippen molar-refractivity contribution in [2.45, 2.75) is 13.5 Å². The van der Waals surface area contributed by atoms with Gasteiger partial charge in [0.1, 0.15) is 5.82 Å². The Hall–Kier alpha value is -1.94. The number of nitrogens with one attached hydrogen (secondary N) is 2. The van der Waals surface area contributed by atoms with E-state index in [0.29, 0.717) is 17.9 Å². The summed E-state index contributed by atoms with van der Waals surface area (Å²) in [6.45, 7) is 2.52. The van der Waals surface area contributed by atoms with Crippen LogP contribution in [0.25, 0.3) is 11.4 Å². The Morgan fingerprint density at radius 2 is 2.12 bits per heavy atom. The van der Waals surface area contributed by atoms with Gasteiger partial charge in [-0.1, -0.05) is 24.3 Å². The molecule has 0 radical (unpaired) electrons. The molecule has 0 saturated heterocycles. The van der Waals surface area contributed by atoms with E-state index < -0.39 is 0 Å². The van der Waals surface area contributed by atoms with E-state index in [1.165, 1.54) is 0 Å². The number of aromatic amines is 1. The van der Waals surface area contributed by atoms with Crippen molar-refractivity contribution in [3.05, 3.63) is 51.9 Å². The average molecular weight is 229 g/mol. The Kier molecular flexibility index (Phi) is 3.35. The Labute approximate surface area is 99.7 Å². The van der Waals surface area contributed by atoms with Crippen LogP contribution in [0.4, 0.5) is 0 Å². The van der Waals surface area contributed by atoms with Crippen LogP contribution in [-0.2, 0) is 6.54 Å². The van der Waals surface area contributed by atoms with Crippen LogP contribution in [-0.4, -0.2) is 17.0 Å².